The van der Waals surface area contributed by atoms with Crippen LogP contribution in [-0.2, 0) is 9.59 Å². The van der Waals surface area contributed by atoms with Crippen molar-refractivity contribution in [2.75, 3.05) is 0 Å². The summed E-state index contributed by atoms with van der Waals surface area (Å²) >= 11 is 0. The zero-order chi connectivity index (χ0) is 10.6. The largest absolute Gasteiger partial charge is 0.481 e. The average molecular weight is 198 g/mol. The van der Waals surface area contributed by atoms with Crippen molar-refractivity contribution in [1.29, 1.82) is 0 Å². The molecule has 0 aromatic heterocycles. The quantitative estimate of drug-likeness (QED) is 0.705. The molecule has 1 rings (SSSR count). The summed E-state index contributed by atoms with van der Waals surface area (Å²) in [4.78, 5) is 21.9. The normalized spacial score (nSPS) is 20.4. The van der Waals surface area contributed by atoms with E-state index >= 15 is 0 Å². The van der Waals surface area contributed by atoms with Gasteiger partial charge >= 0.3 is 5.97 Å². The Bertz CT molecular complexity index is 203. The lowest BCUT2D eigenvalue weighted by Crippen LogP contribution is -2.25. The molecule has 0 aromatic carbocycles. The van der Waals surface area contributed by atoms with Crippen LogP contribution in [0.4, 0.5) is 0 Å². The van der Waals surface area contributed by atoms with Crippen LogP contribution in [0, 0.1) is 11.8 Å². The number of hydrogen-bond donors (Lipinski definition) is 1. The first-order valence-corrected chi connectivity index (χ1v) is 5.34. The van der Waals surface area contributed by atoms with E-state index in [1.165, 1.54) is 26.2 Å². The van der Waals surface area contributed by atoms with Gasteiger partial charge < -0.3 is 5.11 Å². The lowest BCUT2D eigenvalue weighted by Gasteiger charge is -2.23. The minimum absolute atomic E-state index is 0.205. The Morgan fingerprint density at radius 3 is 2.29 bits per heavy atom. The number of rotatable bonds is 4. The third kappa shape index (κ3) is 3.13. The maximum absolute atomic E-state index is 11.1. The van der Waals surface area contributed by atoms with Crippen LogP contribution in [0.1, 0.15) is 45.4 Å². The van der Waals surface area contributed by atoms with Crippen molar-refractivity contribution in [2.45, 2.75) is 45.4 Å². The predicted molar refractivity (Wildman–Crippen MR) is 53.0 cm³/mol. The molecule has 0 radical (unpaired) electrons. The molecular formula is C11H18O3. The van der Waals surface area contributed by atoms with Crippen molar-refractivity contribution < 1.29 is 14.7 Å². The average Bonchev–Trinajstić information content (AvgIpc) is 2.15. The first-order valence-electron chi connectivity index (χ1n) is 5.34. The van der Waals surface area contributed by atoms with E-state index < -0.39 is 11.9 Å². The van der Waals surface area contributed by atoms with Crippen molar-refractivity contribution in [2.24, 2.45) is 11.8 Å². The summed E-state index contributed by atoms with van der Waals surface area (Å²) in [6, 6.07) is 0. The molecule has 0 aliphatic heterocycles. The summed E-state index contributed by atoms with van der Waals surface area (Å²) in [5, 5.41) is 8.85. The van der Waals surface area contributed by atoms with Gasteiger partial charge in [0.05, 0.1) is 0 Å². The van der Waals surface area contributed by atoms with Crippen molar-refractivity contribution in [3.63, 3.8) is 0 Å². The molecule has 0 saturated heterocycles. The highest BCUT2D eigenvalue weighted by molar-refractivity contribution is 5.96. The molecule has 1 N–H and O–H groups in total. The van der Waals surface area contributed by atoms with Gasteiger partial charge in [0.25, 0.3) is 0 Å². The van der Waals surface area contributed by atoms with Gasteiger partial charge in [0, 0.05) is 0 Å². The van der Waals surface area contributed by atoms with Gasteiger partial charge in [-0.3, -0.25) is 9.59 Å². The minimum atomic E-state index is -0.955. The predicted octanol–water partition coefficient (Wildman–Crippen LogP) is 2.25. The molecule has 1 aliphatic carbocycles. The fourth-order valence-electron chi connectivity index (χ4n) is 2.20. The highest BCUT2D eigenvalue weighted by atomic mass is 16.4. The molecule has 0 heterocycles. The highest BCUT2D eigenvalue weighted by Crippen LogP contribution is 2.29. The summed E-state index contributed by atoms with van der Waals surface area (Å²) in [7, 11) is 0. The third-order valence-corrected chi connectivity index (χ3v) is 3.08. The molecule has 80 valence electrons. The van der Waals surface area contributed by atoms with Gasteiger partial charge in [0.2, 0.25) is 0 Å². The van der Waals surface area contributed by atoms with E-state index in [-0.39, 0.29) is 5.78 Å². The van der Waals surface area contributed by atoms with E-state index in [1.54, 1.807) is 0 Å². The van der Waals surface area contributed by atoms with Crippen molar-refractivity contribution in [1.82, 2.24) is 0 Å². The van der Waals surface area contributed by atoms with Gasteiger partial charge in [-0.1, -0.05) is 32.1 Å². The summed E-state index contributed by atoms with van der Waals surface area (Å²) in [5.74, 6) is -1.47. The van der Waals surface area contributed by atoms with Gasteiger partial charge in [0.15, 0.2) is 0 Å². The number of ketones is 1. The van der Waals surface area contributed by atoms with Crippen LogP contribution in [0.5, 0.6) is 0 Å². The van der Waals surface area contributed by atoms with Gasteiger partial charge in [-0.05, 0) is 19.3 Å². The second-order valence-electron chi connectivity index (χ2n) is 4.24. The summed E-state index contributed by atoms with van der Waals surface area (Å²) < 4.78 is 0. The number of Topliss-reactive ketones (excluding diaryl/α,β-unsaturated/α-hetero) is 1. The summed E-state index contributed by atoms with van der Waals surface area (Å²) in [5.41, 5.74) is 0. The Balaban J connectivity index is 2.45. The Kier molecular flexibility index (Phi) is 4.11. The lowest BCUT2D eigenvalue weighted by molar-refractivity contribution is -0.146. The number of aliphatic carboxylic acids is 1. The van der Waals surface area contributed by atoms with Crippen LogP contribution in [0.15, 0.2) is 0 Å². The van der Waals surface area contributed by atoms with Crippen LogP contribution in [0.2, 0.25) is 0 Å². The van der Waals surface area contributed by atoms with E-state index in [2.05, 4.69) is 0 Å². The van der Waals surface area contributed by atoms with Crippen LogP contribution in [-0.4, -0.2) is 16.9 Å². The zero-order valence-corrected chi connectivity index (χ0v) is 8.66. The van der Waals surface area contributed by atoms with Gasteiger partial charge in [-0.2, -0.15) is 0 Å². The summed E-state index contributed by atoms with van der Waals surface area (Å²) in [6.07, 6.45) is 6.37. The smallest absolute Gasteiger partial charge is 0.314 e. The van der Waals surface area contributed by atoms with Gasteiger partial charge in [-0.15, -0.1) is 0 Å². The molecule has 0 aromatic rings. The number of carbonyl (C=O) groups excluding carboxylic acids is 1. The van der Waals surface area contributed by atoms with E-state index in [0.717, 1.165) is 12.8 Å². The fraction of sp³-hybridized carbons (Fsp3) is 0.818. The first kappa shape index (κ1) is 11.2. The molecular weight excluding hydrogens is 180 g/mol. The second-order valence-corrected chi connectivity index (χ2v) is 4.24. The molecule has 14 heavy (non-hydrogen) atoms. The molecule has 0 amide bonds. The Labute approximate surface area is 84.5 Å². The highest BCUT2D eigenvalue weighted by Gasteiger charge is 2.27. The van der Waals surface area contributed by atoms with Crippen molar-refractivity contribution >= 4 is 11.8 Å². The fourth-order valence-corrected chi connectivity index (χ4v) is 2.20. The third-order valence-electron chi connectivity index (χ3n) is 3.08. The van der Waals surface area contributed by atoms with E-state index in [1.807, 2.05) is 0 Å². The molecule has 1 unspecified atom stereocenters. The molecule has 3 heteroatoms. The standard InChI is InChI=1S/C11H18O3/c1-8(12)10(11(13)14)7-9-5-3-2-4-6-9/h9-10H,2-7H2,1H3,(H,13,14). The summed E-state index contributed by atoms with van der Waals surface area (Å²) in [6.45, 7) is 1.38. The van der Waals surface area contributed by atoms with Crippen LogP contribution < -0.4 is 0 Å². The maximum Gasteiger partial charge on any atom is 0.314 e. The molecule has 1 aliphatic rings. The molecule has 3 nitrogen and oxygen atoms in total. The minimum Gasteiger partial charge on any atom is -0.481 e. The van der Waals surface area contributed by atoms with Crippen molar-refractivity contribution in [3.8, 4) is 0 Å². The molecule has 0 spiro atoms. The van der Waals surface area contributed by atoms with Gasteiger partial charge in [0.1, 0.15) is 11.7 Å². The monoisotopic (exact) mass is 198 g/mol. The zero-order valence-electron chi connectivity index (χ0n) is 8.66. The number of hydrogen-bond acceptors (Lipinski definition) is 2. The lowest BCUT2D eigenvalue weighted by atomic mass is 9.82. The molecule has 1 saturated carbocycles. The molecule has 1 fully saturated rings. The molecule has 1 atom stereocenters. The second kappa shape index (κ2) is 5.13. The topological polar surface area (TPSA) is 54.4 Å². The van der Waals surface area contributed by atoms with E-state index in [9.17, 15) is 9.59 Å². The SMILES string of the molecule is CC(=O)C(CC1CCCCC1)C(=O)O. The number of carboxylic acid groups (broad SMARTS) is 1. The number of carboxylic acids is 1. The Morgan fingerprint density at radius 2 is 1.86 bits per heavy atom. The first-order chi connectivity index (χ1) is 6.61. The maximum atomic E-state index is 11.1. The number of carbonyl (C=O) groups is 2. The van der Waals surface area contributed by atoms with Gasteiger partial charge in [-0.25, -0.2) is 0 Å². The Hall–Kier alpha value is -0.860. The van der Waals surface area contributed by atoms with E-state index in [0.29, 0.717) is 12.3 Å². The van der Waals surface area contributed by atoms with Crippen molar-refractivity contribution in [3.05, 3.63) is 0 Å². The van der Waals surface area contributed by atoms with Crippen LogP contribution in [0.25, 0.3) is 0 Å². The van der Waals surface area contributed by atoms with Crippen LogP contribution in [0.3, 0.4) is 0 Å². The Morgan fingerprint density at radius 1 is 1.29 bits per heavy atom. The molecule has 0 bridgehead atoms. The van der Waals surface area contributed by atoms with E-state index in [4.69, 9.17) is 5.11 Å². The van der Waals surface area contributed by atoms with Crippen LogP contribution >= 0.6 is 0 Å².